The van der Waals surface area contributed by atoms with Gasteiger partial charge in [-0.25, -0.2) is 0 Å². The zero-order valence-electron chi connectivity index (χ0n) is 6.68. The maximum absolute atomic E-state index is 5.20. The summed E-state index contributed by atoms with van der Waals surface area (Å²) in [5.74, 6) is 6.31. The van der Waals surface area contributed by atoms with E-state index in [-0.39, 0.29) is 0 Å². The van der Waals surface area contributed by atoms with Crippen molar-refractivity contribution in [1.29, 1.82) is 0 Å². The van der Waals surface area contributed by atoms with Gasteiger partial charge in [0.05, 0.1) is 6.61 Å². The first-order valence-electron chi connectivity index (χ1n) is 3.53. The summed E-state index contributed by atoms with van der Waals surface area (Å²) in [5.41, 5.74) is 5.20. The smallest absolute Gasteiger partial charge is 0.107 e. The second-order valence-electron chi connectivity index (χ2n) is 2.32. The highest BCUT2D eigenvalue weighted by molar-refractivity contribution is 5.01. The van der Waals surface area contributed by atoms with E-state index in [1.54, 1.807) is 0 Å². The summed E-state index contributed by atoms with van der Waals surface area (Å²) in [4.78, 5) is 0. The van der Waals surface area contributed by atoms with Crippen molar-refractivity contribution >= 4 is 0 Å². The van der Waals surface area contributed by atoms with Crippen LogP contribution in [-0.2, 0) is 4.74 Å². The van der Waals surface area contributed by atoms with Crippen molar-refractivity contribution in [1.82, 2.24) is 0 Å². The topological polar surface area (TPSA) is 35.2 Å². The molecule has 0 saturated carbocycles. The molecule has 0 fully saturated rings. The van der Waals surface area contributed by atoms with Gasteiger partial charge in [0.15, 0.2) is 0 Å². The van der Waals surface area contributed by atoms with Crippen LogP contribution in [0.2, 0.25) is 0 Å². The highest BCUT2D eigenvalue weighted by Crippen LogP contribution is 1.84. The molecule has 0 unspecified atom stereocenters. The van der Waals surface area contributed by atoms with Crippen LogP contribution in [0.3, 0.4) is 0 Å². The maximum atomic E-state index is 5.20. The first-order chi connectivity index (χ1) is 4.77. The predicted molar refractivity (Wildman–Crippen MR) is 42.5 cm³/mol. The van der Waals surface area contributed by atoms with Crippen molar-refractivity contribution in [3.05, 3.63) is 0 Å². The monoisotopic (exact) mass is 141 g/mol. The third-order valence-corrected chi connectivity index (χ3v) is 0.827. The molecule has 0 bridgehead atoms. The van der Waals surface area contributed by atoms with Gasteiger partial charge in [0.25, 0.3) is 0 Å². The molecule has 2 N–H and O–H groups in total. The van der Waals surface area contributed by atoms with Crippen LogP contribution < -0.4 is 5.73 Å². The van der Waals surface area contributed by atoms with Crippen molar-refractivity contribution in [2.45, 2.75) is 13.8 Å². The third-order valence-electron chi connectivity index (χ3n) is 0.827. The molecule has 0 aliphatic rings. The number of hydrogen-bond acceptors (Lipinski definition) is 2. The van der Waals surface area contributed by atoms with Crippen LogP contribution in [0.4, 0.5) is 0 Å². The lowest BCUT2D eigenvalue weighted by atomic mass is 10.2. The average Bonchev–Trinajstić information content (AvgIpc) is 1.87. The lowest BCUT2D eigenvalue weighted by molar-refractivity contribution is 0.175. The van der Waals surface area contributed by atoms with Gasteiger partial charge in [0.1, 0.15) is 6.61 Å². The molecule has 0 aromatic carbocycles. The van der Waals surface area contributed by atoms with Crippen LogP contribution in [0, 0.1) is 17.8 Å². The van der Waals surface area contributed by atoms with E-state index in [0.29, 0.717) is 25.7 Å². The molecule has 0 amide bonds. The fourth-order valence-corrected chi connectivity index (χ4v) is 0.452. The molecule has 0 aliphatic heterocycles. The van der Waals surface area contributed by atoms with Gasteiger partial charge < -0.3 is 10.5 Å². The number of nitrogens with two attached hydrogens (primary N) is 1. The van der Waals surface area contributed by atoms with Crippen molar-refractivity contribution in [3.8, 4) is 11.8 Å². The Morgan fingerprint density at radius 1 is 1.50 bits per heavy atom. The molecule has 0 aliphatic carbocycles. The van der Waals surface area contributed by atoms with Crippen LogP contribution in [0.25, 0.3) is 0 Å². The Balaban J connectivity index is 3.12. The van der Waals surface area contributed by atoms with E-state index < -0.39 is 0 Å². The van der Waals surface area contributed by atoms with Crippen molar-refractivity contribution in [3.63, 3.8) is 0 Å². The Hall–Kier alpha value is -0.520. The summed E-state index contributed by atoms with van der Waals surface area (Å²) in [5, 5.41) is 0. The Labute approximate surface area is 62.7 Å². The summed E-state index contributed by atoms with van der Waals surface area (Å²) in [6, 6.07) is 0. The second-order valence-corrected chi connectivity index (χ2v) is 2.32. The highest BCUT2D eigenvalue weighted by Gasteiger charge is 1.81. The molecule has 0 atom stereocenters. The first-order valence-corrected chi connectivity index (χ1v) is 3.53. The number of ether oxygens (including phenoxy) is 1. The van der Waals surface area contributed by atoms with Gasteiger partial charge in [-0.05, 0) is 0 Å². The number of rotatable bonds is 3. The highest BCUT2D eigenvalue weighted by atomic mass is 16.5. The average molecular weight is 141 g/mol. The van der Waals surface area contributed by atoms with Crippen molar-refractivity contribution in [2.24, 2.45) is 11.7 Å². The Morgan fingerprint density at radius 3 is 2.70 bits per heavy atom. The fraction of sp³-hybridized carbons (Fsp3) is 0.750. The summed E-state index contributed by atoms with van der Waals surface area (Å²) in [7, 11) is 0. The lowest BCUT2D eigenvalue weighted by Crippen LogP contribution is -2.08. The summed E-state index contributed by atoms with van der Waals surface area (Å²) in [6.45, 7) is 5.79. The molecular formula is C8H15NO. The predicted octanol–water partition coefficient (Wildman–Crippen LogP) is 0.621. The summed E-state index contributed by atoms with van der Waals surface area (Å²) >= 11 is 0. The van der Waals surface area contributed by atoms with Crippen LogP contribution in [0.5, 0.6) is 0 Å². The largest absolute Gasteiger partial charge is 0.367 e. The van der Waals surface area contributed by atoms with E-state index in [2.05, 4.69) is 25.7 Å². The normalized spacial score (nSPS) is 9.20. The Bertz CT molecular complexity index is 121. The van der Waals surface area contributed by atoms with Gasteiger partial charge in [-0.1, -0.05) is 25.7 Å². The Morgan fingerprint density at radius 2 is 2.20 bits per heavy atom. The van der Waals surface area contributed by atoms with Crippen LogP contribution in [-0.4, -0.2) is 19.8 Å². The minimum atomic E-state index is 0.432. The van der Waals surface area contributed by atoms with Gasteiger partial charge in [-0.3, -0.25) is 0 Å². The summed E-state index contributed by atoms with van der Waals surface area (Å²) in [6.07, 6.45) is 0. The quantitative estimate of drug-likeness (QED) is 0.462. The van der Waals surface area contributed by atoms with Crippen LogP contribution >= 0.6 is 0 Å². The SMILES string of the molecule is CC(C)C#CCOCCN. The van der Waals surface area contributed by atoms with E-state index in [0.717, 1.165) is 0 Å². The van der Waals surface area contributed by atoms with Gasteiger partial charge in [-0.15, -0.1) is 0 Å². The molecule has 2 heteroatoms. The molecule has 0 radical (unpaired) electrons. The maximum Gasteiger partial charge on any atom is 0.107 e. The molecule has 0 saturated heterocycles. The molecule has 0 aromatic rings. The minimum absolute atomic E-state index is 0.432. The third kappa shape index (κ3) is 7.48. The van der Waals surface area contributed by atoms with E-state index in [1.807, 2.05) is 0 Å². The molecule has 0 aromatic heterocycles. The molecule has 0 spiro atoms. The molecule has 58 valence electrons. The van der Waals surface area contributed by atoms with E-state index in [4.69, 9.17) is 10.5 Å². The van der Waals surface area contributed by atoms with Gasteiger partial charge in [0, 0.05) is 12.5 Å². The van der Waals surface area contributed by atoms with E-state index >= 15 is 0 Å². The Kier molecular flexibility index (Phi) is 6.25. The standard InChI is InChI=1S/C8H15NO/c1-8(2)4-3-6-10-7-5-9/h8H,5-7,9H2,1-2H3. The minimum Gasteiger partial charge on any atom is -0.367 e. The zero-order chi connectivity index (χ0) is 7.82. The van der Waals surface area contributed by atoms with Crippen LogP contribution in [0.1, 0.15) is 13.8 Å². The van der Waals surface area contributed by atoms with Gasteiger partial charge >= 0.3 is 0 Å². The molecule has 0 heterocycles. The zero-order valence-corrected chi connectivity index (χ0v) is 6.68. The van der Waals surface area contributed by atoms with Crippen LogP contribution in [0.15, 0.2) is 0 Å². The second kappa shape index (κ2) is 6.60. The number of hydrogen-bond donors (Lipinski definition) is 1. The van der Waals surface area contributed by atoms with Gasteiger partial charge in [-0.2, -0.15) is 0 Å². The van der Waals surface area contributed by atoms with Crippen molar-refractivity contribution < 1.29 is 4.74 Å². The van der Waals surface area contributed by atoms with Crippen molar-refractivity contribution in [2.75, 3.05) is 19.8 Å². The van der Waals surface area contributed by atoms with Gasteiger partial charge in [0.2, 0.25) is 0 Å². The van der Waals surface area contributed by atoms with E-state index in [1.165, 1.54) is 0 Å². The molecular weight excluding hydrogens is 126 g/mol. The summed E-state index contributed by atoms with van der Waals surface area (Å²) < 4.78 is 5.03. The lowest BCUT2D eigenvalue weighted by Gasteiger charge is -1.93. The molecule has 2 nitrogen and oxygen atoms in total. The fourth-order valence-electron chi connectivity index (χ4n) is 0.452. The van der Waals surface area contributed by atoms with E-state index in [9.17, 15) is 0 Å². The molecule has 10 heavy (non-hydrogen) atoms. The molecule has 0 rings (SSSR count). The first kappa shape index (κ1) is 9.48.